The van der Waals surface area contributed by atoms with Gasteiger partial charge in [-0.05, 0) is 18.8 Å². The number of hydrogen-bond acceptors (Lipinski definition) is 0. The first-order chi connectivity index (χ1) is 9.64. The molecule has 0 amide bonds. The Balaban J connectivity index is 2.40. The maximum absolute atomic E-state index is 13.9. The zero-order valence-electron chi connectivity index (χ0n) is 11.8. The van der Waals surface area contributed by atoms with Crippen molar-refractivity contribution in [2.24, 2.45) is 11.8 Å². The van der Waals surface area contributed by atoms with Crippen molar-refractivity contribution >= 4 is 7.85 Å². The first kappa shape index (κ1) is 17.9. The summed E-state index contributed by atoms with van der Waals surface area (Å²) in [6, 6.07) is 0. The van der Waals surface area contributed by atoms with Crippen molar-refractivity contribution in [2.45, 2.75) is 68.0 Å². The van der Waals surface area contributed by atoms with E-state index in [4.69, 9.17) is 7.85 Å². The van der Waals surface area contributed by atoms with E-state index in [2.05, 4.69) is 0 Å². The molecule has 0 aromatic rings. The molecule has 2 radical (unpaired) electrons. The average molecular weight is 334 g/mol. The first-order valence-corrected chi connectivity index (χ1v) is 6.94. The monoisotopic (exact) mass is 334 g/mol. The summed E-state index contributed by atoms with van der Waals surface area (Å²) in [6.07, 6.45) is -3.39. The van der Waals surface area contributed by atoms with Gasteiger partial charge >= 0.3 is 23.7 Å². The molecule has 22 heavy (non-hydrogen) atoms. The van der Waals surface area contributed by atoms with E-state index in [0.29, 0.717) is 0 Å². The third kappa shape index (κ3) is 2.52. The van der Waals surface area contributed by atoms with Crippen molar-refractivity contribution in [2.75, 3.05) is 0 Å². The quantitative estimate of drug-likeness (QED) is 0.463. The van der Waals surface area contributed by atoms with Crippen LogP contribution >= 0.6 is 0 Å². The Bertz CT molecular complexity index is 409. The van der Waals surface area contributed by atoms with Crippen LogP contribution < -0.4 is 0 Å². The SMILES string of the molecule is [B]C1(C)CCC(C2C(F)(F)C(F)(F)CC(F)(F)C2(F)F)CC1. The van der Waals surface area contributed by atoms with Crippen molar-refractivity contribution in [1.82, 2.24) is 0 Å². The predicted octanol–water partition coefficient (Wildman–Crippen LogP) is 5.08. The highest BCUT2D eigenvalue weighted by atomic mass is 19.3. The summed E-state index contributed by atoms with van der Waals surface area (Å²) in [5, 5.41) is -0.791. The minimum Gasteiger partial charge on any atom is -0.200 e. The van der Waals surface area contributed by atoms with E-state index in [9.17, 15) is 35.1 Å². The Kier molecular flexibility index (Phi) is 3.86. The summed E-state index contributed by atoms with van der Waals surface area (Å²) in [6.45, 7) is 1.57. The topological polar surface area (TPSA) is 0 Å². The van der Waals surface area contributed by atoms with Crippen LogP contribution in [-0.2, 0) is 0 Å². The van der Waals surface area contributed by atoms with Gasteiger partial charge in [-0.1, -0.05) is 25.1 Å². The maximum atomic E-state index is 13.9. The normalized spacial score (nSPS) is 40.3. The lowest BCUT2D eigenvalue weighted by atomic mass is 9.56. The summed E-state index contributed by atoms with van der Waals surface area (Å²) in [7, 11) is 5.74. The molecule has 126 valence electrons. The van der Waals surface area contributed by atoms with Crippen LogP contribution in [0.2, 0.25) is 5.31 Å². The fourth-order valence-electron chi connectivity index (χ4n) is 3.42. The Morgan fingerprint density at radius 3 is 1.50 bits per heavy atom. The van der Waals surface area contributed by atoms with Gasteiger partial charge in [0.25, 0.3) is 0 Å². The second-order valence-electron chi connectivity index (χ2n) is 6.80. The van der Waals surface area contributed by atoms with E-state index in [-0.39, 0.29) is 25.7 Å². The van der Waals surface area contributed by atoms with Crippen LogP contribution in [0.4, 0.5) is 35.1 Å². The smallest absolute Gasteiger partial charge is 0.200 e. The van der Waals surface area contributed by atoms with Crippen molar-refractivity contribution in [3.63, 3.8) is 0 Å². The van der Waals surface area contributed by atoms with E-state index >= 15 is 0 Å². The van der Waals surface area contributed by atoms with Gasteiger partial charge in [-0.25, -0.2) is 0 Å². The summed E-state index contributed by atoms with van der Waals surface area (Å²) >= 11 is 0. The maximum Gasteiger partial charge on any atom is 0.319 e. The van der Waals surface area contributed by atoms with E-state index in [1.54, 1.807) is 6.92 Å². The van der Waals surface area contributed by atoms with Gasteiger partial charge in [0.1, 0.15) is 5.92 Å². The molecular weight excluding hydrogens is 319 g/mol. The molecule has 0 saturated heterocycles. The second-order valence-corrected chi connectivity index (χ2v) is 6.80. The highest BCUT2D eigenvalue weighted by Crippen LogP contribution is 2.64. The van der Waals surface area contributed by atoms with Crippen LogP contribution in [0.1, 0.15) is 39.0 Å². The molecule has 0 nitrogen and oxygen atoms in total. The van der Waals surface area contributed by atoms with Crippen molar-refractivity contribution in [3.8, 4) is 0 Å². The van der Waals surface area contributed by atoms with Gasteiger partial charge < -0.3 is 0 Å². The fourth-order valence-corrected chi connectivity index (χ4v) is 3.42. The number of hydrogen-bond donors (Lipinski definition) is 0. The third-order valence-corrected chi connectivity index (χ3v) is 4.84. The first-order valence-electron chi connectivity index (χ1n) is 6.94. The summed E-state index contributed by atoms with van der Waals surface area (Å²) in [5.74, 6) is -25.7. The van der Waals surface area contributed by atoms with Gasteiger partial charge in [-0.2, -0.15) is 35.1 Å². The Labute approximate surface area is 124 Å². The molecule has 0 aromatic heterocycles. The number of alkyl halides is 8. The zero-order chi connectivity index (χ0) is 17.2. The molecule has 0 bridgehead atoms. The zero-order valence-corrected chi connectivity index (χ0v) is 11.8. The predicted molar refractivity (Wildman–Crippen MR) is 64.0 cm³/mol. The standard InChI is InChI=1S/C13H15BF8/c1-9(14)4-2-7(3-5-9)8-12(19,20)10(15,16)6-11(17,18)13(8,21)22/h7-8H,2-6H2,1H3. The van der Waals surface area contributed by atoms with Gasteiger partial charge in [0.05, 0.1) is 14.3 Å². The molecule has 2 aliphatic carbocycles. The molecular formula is C13H15BF8. The lowest BCUT2D eigenvalue weighted by Crippen LogP contribution is -2.68. The highest BCUT2D eigenvalue weighted by Gasteiger charge is 2.82. The second kappa shape index (κ2) is 4.75. The Morgan fingerprint density at radius 1 is 0.773 bits per heavy atom. The van der Waals surface area contributed by atoms with Gasteiger partial charge in [-0.3, -0.25) is 0 Å². The number of halogens is 8. The van der Waals surface area contributed by atoms with Gasteiger partial charge in [-0.15, -0.1) is 0 Å². The molecule has 2 saturated carbocycles. The van der Waals surface area contributed by atoms with E-state index in [1.807, 2.05) is 0 Å². The van der Waals surface area contributed by atoms with E-state index in [1.165, 1.54) is 0 Å². The van der Waals surface area contributed by atoms with Crippen molar-refractivity contribution < 1.29 is 35.1 Å². The van der Waals surface area contributed by atoms with Crippen LogP contribution in [0.15, 0.2) is 0 Å². The minimum absolute atomic E-state index is 0.0392. The van der Waals surface area contributed by atoms with Crippen LogP contribution in [-0.4, -0.2) is 31.5 Å². The van der Waals surface area contributed by atoms with Crippen molar-refractivity contribution in [1.29, 1.82) is 0 Å². The van der Waals surface area contributed by atoms with Crippen LogP contribution in [0.5, 0.6) is 0 Å². The average Bonchev–Trinajstić information content (AvgIpc) is 2.28. The fraction of sp³-hybridized carbons (Fsp3) is 1.00. The van der Waals surface area contributed by atoms with Gasteiger partial charge in [0, 0.05) is 0 Å². The molecule has 9 heteroatoms. The molecule has 2 fully saturated rings. The lowest BCUT2D eigenvalue weighted by Gasteiger charge is -2.50. The molecule has 2 rings (SSSR count). The molecule has 0 aliphatic heterocycles. The molecule has 0 atom stereocenters. The Hall–Kier alpha value is -0.495. The van der Waals surface area contributed by atoms with Gasteiger partial charge in [0.2, 0.25) is 0 Å². The summed E-state index contributed by atoms with van der Waals surface area (Å²) in [4.78, 5) is 0. The molecule has 0 N–H and O–H groups in total. The molecule has 2 aliphatic rings. The largest absolute Gasteiger partial charge is 0.319 e. The molecule has 0 heterocycles. The lowest BCUT2D eigenvalue weighted by molar-refractivity contribution is -0.386. The van der Waals surface area contributed by atoms with Crippen LogP contribution in [0, 0.1) is 11.8 Å². The third-order valence-electron chi connectivity index (χ3n) is 4.84. The van der Waals surface area contributed by atoms with E-state index in [0.717, 1.165) is 0 Å². The van der Waals surface area contributed by atoms with Crippen LogP contribution in [0.3, 0.4) is 0 Å². The highest BCUT2D eigenvalue weighted by molar-refractivity contribution is 6.14. The van der Waals surface area contributed by atoms with Gasteiger partial charge in [0.15, 0.2) is 0 Å². The molecule has 0 aromatic carbocycles. The summed E-state index contributed by atoms with van der Waals surface area (Å²) in [5.41, 5.74) is 0. The van der Waals surface area contributed by atoms with Crippen LogP contribution in [0.25, 0.3) is 0 Å². The number of rotatable bonds is 1. The van der Waals surface area contributed by atoms with Crippen molar-refractivity contribution in [3.05, 3.63) is 0 Å². The molecule has 0 unspecified atom stereocenters. The molecule has 0 spiro atoms. The Morgan fingerprint density at radius 2 is 1.14 bits per heavy atom. The minimum atomic E-state index is -5.19. The summed E-state index contributed by atoms with van der Waals surface area (Å²) < 4.78 is 109. The van der Waals surface area contributed by atoms with E-state index < -0.39 is 47.3 Å².